The standard InChI is InChI=1S/C35H24S4/c1-17-13-25-23-7-5-20-19(21(23)9-11-29(25)36-17)6-8-24-22(20)10-12-30-26(24)15-31(38-30)32-16-28-34(39-32)33-27(35(28,3)4)14-18(2)37-33/h5-16H,1-4H3. The highest BCUT2D eigenvalue weighted by molar-refractivity contribution is 7.28. The summed E-state index contributed by atoms with van der Waals surface area (Å²) in [4.78, 5) is 8.55. The van der Waals surface area contributed by atoms with Crippen molar-refractivity contribution in [1.29, 1.82) is 0 Å². The molecule has 4 heteroatoms. The van der Waals surface area contributed by atoms with Gasteiger partial charge in [0.15, 0.2) is 0 Å². The van der Waals surface area contributed by atoms with E-state index in [2.05, 4.69) is 100 Å². The number of hydrogen-bond acceptors (Lipinski definition) is 4. The molecule has 0 spiro atoms. The van der Waals surface area contributed by atoms with E-state index in [9.17, 15) is 0 Å². The summed E-state index contributed by atoms with van der Waals surface area (Å²) in [5, 5.41) is 10.9. The fraction of sp³-hybridized carbons (Fsp3) is 0.143. The largest absolute Gasteiger partial charge is 0.141 e. The first-order chi connectivity index (χ1) is 18.9. The second kappa shape index (κ2) is 7.58. The van der Waals surface area contributed by atoms with Crippen LogP contribution in [0.15, 0.2) is 72.8 Å². The lowest BCUT2D eigenvalue weighted by Crippen LogP contribution is -2.13. The minimum absolute atomic E-state index is 0.0859. The molecule has 0 saturated heterocycles. The van der Waals surface area contributed by atoms with Crippen molar-refractivity contribution < 1.29 is 0 Å². The molecule has 0 N–H and O–H groups in total. The van der Waals surface area contributed by atoms with Gasteiger partial charge in [0, 0.05) is 54.9 Å². The zero-order chi connectivity index (χ0) is 26.2. The lowest BCUT2D eigenvalue weighted by atomic mass is 9.84. The number of aryl methyl sites for hydroxylation is 2. The Morgan fingerprint density at radius 3 is 1.56 bits per heavy atom. The van der Waals surface area contributed by atoms with Crippen LogP contribution >= 0.6 is 45.3 Å². The first-order valence-electron chi connectivity index (χ1n) is 13.3. The Bertz CT molecular complexity index is 2330. The fourth-order valence-corrected chi connectivity index (χ4v) is 11.5. The van der Waals surface area contributed by atoms with Gasteiger partial charge >= 0.3 is 0 Å². The van der Waals surface area contributed by atoms with Gasteiger partial charge in [0.25, 0.3) is 0 Å². The molecule has 1 aliphatic rings. The molecule has 9 rings (SSSR count). The van der Waals surface area contributed by atoms with E-state index in [1.807, 2.05) is 45.3 Å². The van der Waals surface area contributed by atoms with Crippen molar-refractivity contribution in [3.8, 4) is 19.5 Å². The Morgan fingerprint density at radius 2 is 0.897 bits per heavy atom. The summed E-state index contributed by atoms with van der Waals surface area (Å²) in [5.74, 6) is 0. The number of hydrogen-bond donors (Lipinski definition) is 0. The molecule has 0 unspecified atom stereocenters. The molecule has 4 aromatic carbocycles. The van der Waals surface area contributed by atoms with Crippen molar-refractivity contribution in [2.24, 2.45) is 0 Å². The van der Waals surface area contributed by atoms with E-state index in [1.165, 1.54) is 92.9 Å². The number of rotatable bonds is 1. The van der Waals surface area contributed by atoms with Crippen molar-refractivity contribution in [1.82, 2.24) is 0 Å². The molecular weight excluding hydrogens is 549 g/mol. The molecule has 188 valence electrons. The number of benzene rings is 4. The van der Waals surface area contributed by atoms with E-state index < -0.39 is 0 Å². The van der Waals surface area contributed by atoms with Gasteiger partial charge in [0.2, 0.25) is 0 Å². The van der Waals surface area contributed by atoms with E-state index in [-0.39, 0.29) is 5.41 Å². The maximum Gasteiger partial charge on any atom is 0.0493 e. The quantitative estimate of drug-likeness (QED) is 0.172. The van der Waals surface area contributed by atoms with Gasteiger partial charge in [0.1, 0.15) is 0 Å². The van der Waals surface area contributed by atoms with Crippen LogP contribution in [-0.4, -0.2) is 0 Å². The van der Waals surface area contributed by atoms with Gasteiger partial charge in [-0.25, -0.2) is 0 Å². The van der Waals surface area contributed by atoms with Gasteiger partial charge < -0.3 is 0 Å². The Labute approximate surface area is 242 Å². The normalized spacial score (nSPS) is 14.4. The Balaban J connectivity index is 1.24. The van der Waals surface area contributed by atoms with Crippen LogP contribution in [0.1, 0.15) is 34.7 Å². The van der Waals surface area contributed by atoms with Crippen LogP contribution < -0.4 is 0 Å². The summed E-state index contributed by atoms with van der Waals surface area (Å²) in [5.41, 5.74) is 3.09. The molecule has 4 aromatic heterocycles. The van der Waals surface area contributed by atoms with Crippen molar-refractivity contribution in [3.63, 3.8) is 0 Å². The van der Waals surface area contributed by atoms with Gasteiger partial charge in [-0.1, -0.05) is 50.2 Å². The molecule has 0 bridgehead atoms. The Kier molecular flexibility index (Phi) is 4.43. The zero-order valence-corrected chi connectivity index (χ0v) is 25.3. The van der Waals surface area contributed by atoms with Crippen LogP contribution in [0.25, 0.3) is 72.0 Å². The van der Waals surface area contributed by atoms with Gasteiger partial charge in [-0.2, -0.15) is 0 Å². The monoisotopic (exact) mass is 572 g/mol. The van der Waals surface area contributed by atoms with Gasteiger partial charge in [-0.3, -0.25) is 0 Å². The number of thiophene rings is 4. The summed E-state index contributed by atoms with van der Waals surface area (Å²) >= 11 is 7.76. The maximum atomic E-state index is 2.48. The Hall–Kier alpha value is -3.02. The van der Waals surface area contributed by atoms with Crippen molar-refractivity contribution in [2.45, 2.75) is 33.1 Å². The molecule has 0 atom stereocenters. The molecule has 0 radical (unpaired) electrons. The molecule has 0 nitrogen and oxygen atoms in total. The lowest BCUT2D eigenvalue weighted by molar-refractivity contribution is 0.663. The minimum atomic E-state index is 0.0859. The average molecular weight is 573 g/mol. The van der Waals surface area contributed by atoms with Crippen molar-refractivity contribution in [3.05, 3.63) is 93.7 Å². The summed E-state index contributed by atoms with van der Waals surface area (Å²) in [6.07, 6.45) is 0. The molecule has 1 aliphatic carbocycles. The third-order valence-electron chi connectivity index (χ3n) is 8.70. The van der Waals surface area contributed by atoms with Crippen LogP contribution in [0.2, 0.25) is 0 Å². The molecule has 0 fully saturated rings. The van der Waals surface area contributed by atoms with E-state index in [1.54, 1.807) is 0 Å². The third kappa shape index (κ3) is 2.98. The predicted molar refractivity (Wildman–Crippen MR) is 178 cm³/mol. The summed E-state index contributed by atoms with van der Waals surface area (Å²) in [6, 6.07) is 28.4. The van der Waals surface area contributed by atoms with E-state index in [0.29, 0.717) is 0 Å². The van der Waals surface area contributed by atoms with Crippen LogP contribution in [0.4, 0.5) is 0 Å². The molecule has 0 amide bonds. The van der Waals surface area contributed by atoms with Gasteiger partial charge in [-0.15, -0.1) is 45.3 Å². The third-order valence-corrected chi connectivity index (χ3v) is 13.4. The predicted octanol–water partition coefficient (Wildman–Crippen LogP) is 12.3. The molecule has 8 aromatic rings. The van der Waals surface area contributed by atoms with Crippen molar-refractivity contribution in [2.75, 3.05) is 0 Å². The van der Waals surface area contributed by atoms with Crippen LogP contribution in [0.3, 0.4) is 0 Å². The van der Waals surface area contributed by atoms with E-state index >= 15 is 0 Å². The maximum absolute atomic E-state index is 2.48. The molecule has 4 heterocycles. The molecular formula is C35H24S4. The van der Waals surface area contributed by atoms with Crippen molar-refractivity contribution >= 4 is 97.8 Å². The van der Waals surface area contributed by atoms with Gasteiger partial charge in [-0.05, 0) is 93.7 Å². The lowest BCUT2D eigenvalue weighted by Gasteiger charge is -2.18. The van der Waals surface area contributed by atoms with E-state index in [4.69, 9.17) is 0 Å². The summed E-state index contributed by atoms with van der Waals surface area (Å²) < 4.78 is 2.75. The zero-order valence-electron chi connectivity index (χ0n) is 22.1. The highest BCUT2D eigenvalue weighted by Crippen LogP contribution is 2.57. The smallest absolute Gasteiger partial charge is 0.0493 e. The molecule has 0 saturated carbocycles. The van der Waals surface area contributed by atoms with Crippen LogP contribution in [-0.2, 0) is 5.41 Å². The number of fused-ring (bicyclic) bond motifs is 12. The van der Waals surface area contributed by atoms with Crippen LogP contribution in [0.5, 0.6) is 0 Å². The second-order valence-corrected chi connectivity index (χ2v) is 16.1. The first kappa shape index (κ1) is 22.8. The molecule has 0 aliphatic heterocycles. The Morgan fingerprint density at radius 1 is 0.436 bits per heavy atom. The molecule has 39 heavy (non-hydrogen) atoms. The highest BCUT2D eigenvalue weighted by Gasteiger charge is 2.39. The topological polar surface area (TPSA) is 0 Å². The summed E-state index contributed by atoms with van der Waals surface area (Å²) in [7, 11) is 0. The average Bonchev–Trinajstić information content (AvgIpc) is 3.71. The minimum Gasteiger partial charge on any atom is -0.141 e. The first-order valence-corrected chi connectivity index (χ1v) is 16.6. The fourth-order valence-electron chi connectivity index (χ4n) is 6.76. The van der Waals surface area contributed by atoms with Gasteiger partial charge in [0.05, 0.1) is 0 Å². The van der Waals surface area contributed by atoms with Crippen LogP contribution in [0, 0.1) is 13.8 Å². The SMILES string of the molecule is Cc1cc2c(s1)-c1sc(-c3cc4c(ccc5c4ccc4c6ccc7sc(C)cc7c6ccc54)s3)cc1C2(C)C. The second-order valence-electron chi connectivity index (χ2n) is 11.4. The van der Waals surface area contributed by atoms with E-state index in [0.717, 1.165) is 0 Å². The highest BCUT2D eigenvalue weighted by atomic mass is 32.1. The summed E-state index contributed by atoms with van der Waals surface area (Å²) in [6.45, 7) is 9.22.